The van der Waals surface area contributed by atoms with Gasteiger partial charge < -0.3 is 4.74 Å². The molecule has 1 aromatic rings. The van der Waals surface area contributed by atoms with Gasteiger partial charge in [0.15, 0.2) is 0 Å². The van der Waals surface area contributed by atoms with Gasteiger partial charge in [0.05, 0.1) is 6.61 Å². The molecule has 0 saturated heterocycles. The predicted molar refractivity (Wildman–Crippen MR) is 63.7 cm³/mol. The Morgan fingerprint density at radius 2 is 1.71 bits per heavy atom. The van der Waals surface area contributed by atoms with Crippen LogP contribution in [0.3, 0.4) is 0 Å². The molecule has 0 spiro atoms. The van der Waals surface area contributed by atoms with E-state index >= 15 is 0 Å². The van der Waals surface area contributed by atoms with Crippen molar-refractivity contribution in [2.45, 2.75) is 27.7 Å². The summed E-state index contributed by atoms with van der Waals surface area (Å²) in [5, 5.41) is 0. The average Bonchev–Trinajstić information content (AvgIpc) is 2.10. The summed E-state index contributed by atoms with van der Waals surface area (Å²) in [6.45, 7) is 8.98. The first-order valence-electron chi connectivity index (χ1n) is 4.69. The van der Waals surface area contributed by atoms with Gasteiger partial charge in [0.25, 0.3) is 0 Å². The normalized spacial score (nSPS) is 10.7. The van der Waals surface area contributed by atoms with Crippen LogP contribution in [-0.2, 0) is 0 Å². The highest BCUT2D eigenvalue weighted by atomic mass is 79.9. The lowest BCUT2D eigenvalue weighted by molar-refractivity contribution is 0.332. The molecule has 0 heterocycles. The number of hydrogen-bond acceptors (Lipinski definition) is 1. The molecule has 2 heteroatoms. The number of aryl methyl sites for hydroxylation is 2. The summed E-state index contributed by atoms with van der Waals surface area (Å²) in [6, 6.07) is 4.11. The second-order valence-electron chi connectivity index (χ2n) is 3.87. The van der Waals surface area contributed by atoms with E-state index in [0.29, 0.717) is 6.61 Å². The predicted octanol–water partition coefficient (Wildman–Crippen LogP) is 4.06. The largest absolute Gasteiger partial charge is 0.493 e. The monoisotopic (exact) mass is 255 g/mol. The van der Waals surface area contributed by atoms with Gasteiger partial charge in [0.2, 0.25) is 0 Å². The minimum atomic E-state index is 0.695. The van der Waals surface area contributed by atoms with E-state index in [4.69, 9.17) is 4.74 Å². The summed E-state index contributed by atoms with van der Waals surface area (Å²) in [7, 11) is 0. The molecule has 1 radical (unpaired) electrons. The number of rotatable bonds is 3. The average molecular weight is 256 g/mol. The third kappa shape index (κ3) is 3.02. The van der Waals surface area contributed by atoms with E-state index in [1.165, 1.54) is 21.5 Å². The molecular formula is C12H16BrO. The van der Waals surface area contributed by atoms with Crippen molar-refractivity contribution in [3.8, 4) is 5.75 Å². The molecule has 0 aliphatic heterocycles. The molecule has 14 heavy (non-hydrogen) atoms. The molecule has 0 aromatic heterocycles. The molecule has 0 aliphatic carbocycles. The Balaban J connectivity index is 2.79. The fourth-order valence-corrected chi connectivity index (χ4v) is 1.45. The van der Waals surface area contributed by atoms with Crippen LogP contribution in [0.1, 0.15) is 25.0 Å². The third-order valence-electron chi connectivity index (χ3n) is 1.94. The lowest BCUT2D eigenvalue weighted by Gasteiger charge is -2.11. The molecule has 0 N–H and O–H groups in total. The Kier molecular flexibility index (Phi) is 3.99. The summed E-state index contributed by atoms with van der Waals surface area (Å²) in [4.78, 5) is 0. The van der Waals surface area contributed by atoms with E-state index in [-0.39, 0.29) is 0 Å². The molecule has 1 nitrogen and oxygen atoms in total. The van der Waals surface area contributed by atoms with Gasteiger partial charge in [-0.05, 0) is 37.1 Å². The van der Waals surface area contributed by atoms with Crippen molar-refractivity contribution in [2.75, 3.05) is 6.61 Å². The minimum absolute atomic E-state index is 0.695. The standard InChI is InChI=1S/C12H16BrO/c1-8(2)7-14-11-5-9(3)12(13)10(4)6-11/h5-6H,7H2,1-4H3. The molecule has 0 unspecified atom stereocenters. The Morgan fingerprint density at radius 3 is 2.14 bits per heavy atom. The third-order valence-corrected chi connectivity index (χ3v) is 3.19. The van der Waals surface area contributed by atoms with Crippen molar-refractivity contribution >= 4 is 15.9 Å². The fraction of sp³-hybridized carbons (Fsp3) is 0.417. The Morgan fingerprint density at radius 1 is 1.21 bits per heavy atom. The van der Waals surface area contributed by atoms with E-state index in [1.54, 1.807) is 0 Å². The number of halogens is 1. The van der Waals surface area contributed by atoms with Gasteiger partial charge in [-0.1, -0.05) is 29.8 Å². The number of benzene rings is 1. The van der Waals surface area contributed by atoms with Crippen LogP contribution < -0.4 is 4.74 Å². The van der Waals surface area contributed by atoms with Crippen LogP contribution in [0.5, 0.6) is 5.75 Å². The summed E-state index contributed by atoms with van der Waals surface area (Å²) in [6.07, 6.45) is 0. The lowest BCUT2D eigenvalue weighted by atomic mass is 10.1. The lowest BCUT2D eigenvalue weighted by Crippen LogP contribution is -2.03. The summed E-state index contributed by atoms with van der Waals surface area (Å²) < 4.78 is 6.79. The topological polar surface area (TPSA) is 9.23 Å². The van der Waals surface area contributed by atoms with Crippen LogP contribution in [0.15, 0.2) is 16.6 Å². The van der Waals surface area contributed by atoms with Gasteiger partial charge in [0.1, 0.15) is 5.75 Å². The maximum absolute atomic E-state index is 5.63. The van der Waals surface area contributed by atoms with Crippen molar-refractivity contribution < 1.29 is 4.74 Å². The van der Waals surface area contributed by atoms with E-state index in [2.05, 4.69) is 55.8 Å². The van der Waals surface area contributed by atoms with Gasteiger partial charge >= 0.3 is 0 Å². The molecule has 0 bridgehead atoms. The van der Waals surface area contributed by atoms with Gasteiger partial charge in [-0.2, -0.15) is 0 Å². The van der Waals surface area contributed by atoms with Crippen LogP contribution in [0, 0.1) is 19.8 Å². The molecule has 1 aromatic carbocycles. The highest BCUT2D eigenvalue weighted by molar-refractivity contribution is 9.10. The molecule has 0 atom stereocenters. The van der Waals surface area contributed by atoms with Crippen molar-refractivity contribution in [3.05, 3.63) is 33.7 Å². The zero-order chi connectivity index (χ0) is 10.7. The van der Waals surface area contributed by atoms with Crippen LogP contribution >= 0.6 is 15.9 Å². The molecule has 1 rings (SSSR count). The quantitative estimate of drug-likeness (QED) is 0.792. The zero-order valence-electron chi connectivity index (χ0n) is 9.15. The first-order chi connectivity index (χ1) is 6.50. The molecule has 0 saturated carbocycles. The van der Waals surface area contributed by atoms with Gasteiger partial charge in [-0.15, -0.1) is 0 Å². The second kappa shape index (κ2) is 4.83. The maximum Gasteiger partial charge on any atom is 0.119 e. The van der Waals surface area contributed by atoms with E-state index in [1.807, 2.05) is 0 Å². The van der Waals surface area contributed by atoms with Crippen LogP contribution in [0.2, 0.25) is 0 Å². The van der Waals surface area contributed by atoms with Crippen molar-refractivity contribution in [2.24, 2.45) is 0 Å². The van der Waals surface area contributed by atoms with Crippen LogP contribution in [0.4, 0.5) is 0 Å². The molecule has 0 aliphatic rings. The Bertz CT molecular complexity index is 295. The summed E-state index contributed by atoms with van der Waals surface area (Å²) >= 11 is 3.53. The summed E-state index contributed by atoms with van der Waals surface area (Å²) in [5.74, 6) is 2.23. The smallest absolute Gasteiger partial charge is 0.119 e. The SMILES string of the molecule is C[C](C)COc1cc(C)c(Br)c(C)c1. The molecular weight excluding hydrogens is 240 g/mol. The fourth-order valence-electron chi connectivity index (χ4n) is 1.22. The first kappa shape index (κ1) is 11.6. The Labute approximate surface area is 94.6 Å². The second-order valence-corrected chi connectivity index (χ2v) is 4.66. The van der Waals surface area contributed by atoms with E-state index in [0.717, 1.165) is 5.75 Å². The zero-order valence-corrected chi connectivity index (χ0v) is 10.7. The van der Waals surface area contributed by atoms with E-state index in [9.17, 15) is 0 Å². The molecule has 77 valence electrons. The van der Waals surface area contributed by atoms with Gasteiger partial charge in [-0.25, -0.2) is 0 Å². The first-order valence-corrected chi connectivity index (χ1v) is 5.48. The van der Waals surface area contributed by atoms with Gasteiger partial charge in [-0.3, -0.25) is 0 Å². The maximum atomic E-state index is 5.63. The van der Waals surface area contributed by atoms with Crippen molar-refractivity contribution in [3.63, 3.8) is 0 Å². The van der Waals surface area contributed by atoms with Gasteiger partial charge in [0, 0.05) is 10.4 Å². The van der Waals surface area contributed by atoms with Crippen molar-refractivity contribution in [1.29, 1.82) is 0 Å². The van der Waals surface area contributed by atoms with E-state index < -0.39 is 0 Å². The summed E-state index contributed by atoms with van der Waals surface area (Å²) in [5.41, 5.74) is 2.43. The number of ether oxygens (including phenoxy) is 1. The van der Waals surface area contributed by atoms with Crippen LogP contribution in [-0.4, -0.2) is 6.61 Å². The number of hydrogen-bond donors (Lipinski definition) is 0. The molecule has 0 amide bonds. The highest BCUT2D eigenvalue weighted by Gasteiger charge is 2.03. The highest BCUT2D eigenvalue weighted by Crippen LogP contribution is 2.26. The molecule has 0 fully saturated rings. The van der Waals surface area contributed by atoms with Crippen LogP contribution in [0.25, 0.3) is 0 Å². The van der Waals surface area contributed by atoms with Crippen molar-refractivity contribution in [1.82, 2.24) is 0 Å². The minimum Gasteiger partial charge on any atom is -0.493 e. The Hall–Kier alpha value is -0.500.